The van der Waals surface area contributed by atoms with Gasteiger partial charge in [0.1, 0.15) is 0 Å². The standard InChI is InChI=1S/C15H25N3/c1-2-14-3-5-15(6-4-14)7-8-17-13-18-11-9-16-10-12-18/h3-6,16-17H,2,7-13H2,1H3. The minimum Gasteiger partial charge on any atom is -0.314 e. The maximum absolute atomic E-state index is 3.53. The zero-order chi connectivity index (χ0) is 12.6. The van der Waals surface area contributed by atoms with Crippen LogP contribution in [0.15, 0.2) is 24.3 Å². The van der Waals surface area contributed by atoms with Gasteiger partial charge in [0.15, 0.2) is 0 Å². The van der Waals surface area contributed by atoms with Crippen LogP contribution in [0.2, 0.25) is 0 Å². The molecule has 2 N–H and O–H groups in total. The molecule has 1 saturated heterocycles. The molecule has 100 valence electrons. The minimum absolute atomic E-state index is 1.02. The molecule has 0 saturated carbocycles. The van der Waals surface area contributed by atoms with Crippen molar-refractivity contribution in [2.24, 2.45) is 0 Å². The predicted molar refractivity (Wildman–Crippen MR) is 76.8 cm³/mol. The largest absolute Gasteiger partial charge is 0.314 e. The van der Waals surface area contributed by atoms with Crippen LogP contribution in [0.5, 0.6) is 0 Å². The van der Waals surface area contributed by atoms with Gasteiger partial charge < -0.3 is 10.6 Å². The number of benzene rings is 1. The van der Waals surface area contributed by atoms with Gasteiger partial charge in [-0.25, -0.2) is 0 Å². The number of rotatable bonds is 6. The molecule has 0 atom stereocenters. The minimum atomic E-state index is 1.02. The second-order valence-electron chi connectivity index (χ2n) is 4.95. The first kappa shape index (κ1) is 13.5. The van der Waals surface area contributed by atoms with E-state index in [1.165, 1.54) is 11.1 Å². The maximum atomic E-state index is 3.53. The molecule has 1 heterocycles. The molecule has 0 spiro atoms. The Bertz CT molecular complexity index is 328. The molecular weight excluding hydrogens is 222 g/mol. The fourth-order valence-corrected chi connectivity index (χ4v) is 2.28. The van der Waals surface area contributed by atoms with Crippen LogP contribution in [-0.4, -0.2) is 44.3 Å². The molecule has 0 aliphatic carbocycles. The van der Waals surface area contributed by atoms with E-state index >= 15 is 0 Å². The highest BCUT2D eigenvalue weighted by Gasteiger charge is 2.07. The normalized spacial score (nSPS) is 16.9. The Morgan fingerprint density at radius 1 is 1.11 bits per heavy atom. The van der Waals surface area contributed by atoms with Gasteiger partial charge in [-0.3, -0.25) is 4.90 Å². The van der Waals surface area contributed by atoms with E-state index in [1.54, 1.807) is 0 Å². The number of hydrogen-bond acceptors (Lipinski definition) is 3. The van der Waals surface area contributed by atoms with Gasteiger partial charge in [-0.1, -0.05) is 31.2 Å². The van der Waals surface area contributed by atoms with Gasteiger partial charge in [0.25, 0.3) is 0 Å². The Morgan fingerprint density at radius 2 is 1.78 bits per heavy atom. The van der Waals surface area contributed by atoms with Crippen molar-refractivity contribution in [1.29, 1.82) is 0 Å². The Labute approximate surface area is 111 Å². The molecule has 1 aromatic rings. The van der Waals surface area contributed by atoms with Crippen molar-refractivity contribution in [3.8, 4) is 0 Å². The Hall–Kier alpha value is -0.900. The van der Waals surface area contributed by atoms with Crippen molar-refractivity contribution in [1.82, 2.24) is 15.5 Å². The summed E-state index contributed by atoms with van der Waals surface area (Å²) < 4.78 is 0. The van der Waals surface area contributed by atoms with Crippen LogP contribution in [0, 0.1) is 0 Å². The van der Waals surface area contributed by atoms with Crippen LogP contribution < -0.4 is 10.6 Å². The first-order chi connectivity index (χ1) is 8.88. The van der Waals surface area contributed by atoms with Gasteiger partial charge in [0.05, 0.1) is 0 Å². The molecule has 0 aromatic heterocycles. The van der Waals surface area contributed by atoms with Crippen molar-refractivity contribution in [3.05, 3.63) is 35.4 Å². The topological polar surface area (TPSA) is 27.3 Å². The summed E-state index contributed by atoms with van der Waals surface area (Å²) in [6, 6.07) is 8.99. The lowest BCUT2D eigenvalue weighted by Crippen LogP contribution is -2.47. The smallest absolute Gasteiger partial charge is 0.0481 e. The van der Waals surface area contributed by atoms with E-state index < -0.39 is 0 Å². The fraction of sp³-hybridized carbons (Fsp3) is 0.600. The number of nitrogens with zero attached hydrogens (tertiary/aromatic N) is 1. The molecule has 3 nitrogen and oxygen atoms in total. The Balaban J connectivity index is 1.62. The Morgan fingerprint density at radius 3 is 2.44 bits per heavy atom. The van der Waals surface area contributed by atoms with Crippen LogP contribution in [0.3, 0.4) is 0 Å². The fourth-order valence-electron chi connectivity index (χ4n) is 2.28. The summed E-state index contributed by atoms with van der Waals surface area (Å²) in [5.74, 6) is 0. The summed E-state index contributed by atoms with van der Waals surface area (Å²) in [6.45, 7) is 8.87. The molecule has 1 fully saturated rings. The second kappa shape index (κ2) is 7.52. The quantitative estimate of drug-likeness (QED) is 0.741. The number of aryl methyl sites for hydroxylation is 1. The lowest BCUT2D eigenvalue weighted by Gasteiger charge is -2.27. The third-order valence-electron chi connectivity index (χ3n) is 3.57. The number of nitrogens with one attached hydrogen (secondary N) is 2. The van der Waals surface area contributed by atoms with Crippen LogP contribution >= 0.6 is 0 Å². The van der Waals surface area contributed by atoms with Crippen molar-refractivity contribution in [3.63, 3.8) is 0 Å². The zero-order valence-electron chi connectivity index (χ0n) is 11.4. The van der Waals surface area contributed by atoms with Crippen LogP contribution in [-0.2, 0) is 12.8 Å². The van der Waals surface area contributed by atoms with Gasteiger partial charge >= 0.3 is 0 Å². The van der Waals surface area contributed by atoms with Crippen LogP contribution in [0.4, 0.5) is 0 Å². The van der Waals surface area contributed by atoms with Gasteiger partial charge in [0.2, 0.25) is 0 Å². The third kappa shape index (κ3) is 4.41. The summed E-state index contributed by atoms with van der Waals surface area (Å²) in [4.78, 5) is 2.47. The maximum Gasteiger partial charge on any atom is 0.0481 e. The average molecular weight is 247 g/mol. The van der Waals surface area contributed by atoms with Crippen LogP contribution in [0.25, 0.3) is 0 Å². The van der Waals surface area contributed by atoms with Crippen molar-refractivity contribution in [2.45, 2.75) is 19.8 Å². The molecule has 0 amide bonds. The summed E-state index contributed by atoms with van der Waals surface area (Å²) >= 11 is 0. The van der Waals surface area contributed by atoms with Crippen LogP contribution in [0.1, 0.15) is 18.1 Å². The van der Waals surface area contributed by atoms with Gasteiger partial charge in [-0.2, -0.15) is 0 Å². The summed E-state index contributed by atoms with van der Waals surface area (Å²) in [6.07, 6.45) is 2.25. The molecule has 1 aromatic carbocycles. The number of hydrogen-bond donors (Lipinski definition) is 2. The average Bonchev–Trinajstić information content (AvgIpc) is 2.45. The van der Waals surface area contributed by atoms with Crippen molar-refractivity contribution < 1.29 is 0 Å². The van der Waals surface area contributed by atoms with E-state index in [9.17, 15) is 0 Å². The summed E-state index contributed by atoms with van der Waals surface area (Å²) in [5.41, 5.74) is 2.85. The molecule has 1 aliphatic rings. The highest BCUT2D eigenvalue weighted by molar-refractivity contribution is 5.22. The SMILES string of the molecule is CCc1ccc(CCNCN2CCNCC2)cc1. The highest BCUT2D eigenvalue weighted by Crippen LogP contribution is 2.05. The first-order valence-electron chi connectivity index (χ1n) is 7.10. The molecule has 0 bridgehead atoms. The van der Waals surface area contributed by atoms with E-state index in [0.717, 1.165) is 52.2 Å². The molecule has 0 radical (unpaired) electrons. The number of piperazine rings is 1. The molecular formula is C15H25N3. The molecule has 18 heavy (non-hydrogen) atoms. The zero-order valence-corrected chi connectivity index (χ0v) is 11.4. The first-order valence-corrected chi connectivity index (χ1v) is 7.10. The molecule has 0 unspecified atom stereocenters. The van der Waals surface area contributed by atoms with Gasteiger partial charge in [-0.05, 0) is 24.0 Å². The third-order valence-corrected chi connectivity index (χ3v) is 3.57. The van der Waals surface area contributed by atoms with Gasteiger partial charge in [0, 0.05) is 39.4 Å². The van der Waals surface area contributed by atoms with E-state index in [-0.39, 0.29) is 0 Å². The molecule has 3 heteroatoms. The Kier molecular flexibility index (Phi) is 5.65. The van der Waals surface area contributed by atoms with Gasteiger partial charge in [-0.15, -0.1) is 0 Å². The lowest BCUT2D eigenvalue weighted by atomic mass is 10.1. The van der Waals surface area contributed by atoms with E-state index in [2.05, 4.69) is 46.7 Å². The van der Waals surface area contributed by atoms with E-state index in [1.807, 2.05) is 0 Å². The van der Waals surface area contributed by atoms with E-state index in [0.29, 0.717) is 0 Å². The second-order valence-corrected chi connectivity index (χ2v) is 4.95. The predicted octanol–water partition coefficient (Wildman–Crippen LogP) is 1.24. The summed E-state index contributed by atoms with van der Waals surface area (Å²) in [5, 5.41) is 6.90. The molecule has 2 rings (SSSR count). The monoisotopic (exact) mass is 247 g/mol. The lowest BCUT2D eigenvalue weighted by molar-refractivity contribution is 0.224. The van der Waals surface area contributed by atoms with E-state index in [4.69, 9.17) is 0 Å². The summed E-state index contributed by atoms with van der Waals surface area (Å²) in [7, 11) is 0. The van der Waals surface area contributed by atoms with Crippen molar-refractivity contribution in [2.75, 3.05) is 39.4 Å². The molecule has 1 aliphatic heterocycles. The van der Waals surface area contributed by atoms with Crippen molar-refractivity contribution >= 4 is 0 Å². The highest BCUT2D eigenvalue weighted by atomic mass is 15.2.